The number of likely N-dealkylation sites (tertiary alicyclic amines) is 1. The number of aromatic nitrogens is 1. The molecule has 3 heterocycles. The second-order valence-corrected chi connectivity index (χ2v) is 7.35. The molecule has 1 atom stereocenters. The number of amides is 2. The van der Waals surface area contributed by atoms with Crippen molar-refractivity contribution in [3.8, 4) is 0 Å². The van der Waals surface area contributed by atoms with Crippen LogP contribution in [-0.4, -0.2) is 53.8 Å². The Hall–Kier alpha value is -2.73. The molecule has 0 N–H and O–H groups in total. The number of nitrogens with zero attached hydrogens (tertiary/aromatic N) is 3. The summed E-state index contributed by atoms with van der Waals surface area (Å²) in [6.45, 7) is 1.18. The molecule has 27 heavy (non-hydrogen) atoms. The molecule has 0 bridgehead atoms. The molecule has 0 aliphatic carbocycles. The van der Waals surface area contributed by atoms with Crippen LogP contribution in [0.25, 0.3) is 0 Å². The Morgan fingerprint density at radius 2 is 1.89 bits per heavy atom. The van der Waals surface area contributed by atoms with Gasteiger partial charge in [-0.15, -0.1) is 0 Å². The molecule has 140 valence electrons. The molecule has 6 heteroatoms. The molecular formula is C21H23N3O3. The minimum Gasteiger partial charge on any atom is -0.352 e. The summed E-state index contributed by atoms with van der Waals surface area (Å²) in [5.41, 5.74) is 2.13. The fourth-order valence-corrected chi connectivity index (χ4v) is 4.04. The summed E-state index contributed by atoms with van der Waals surface area (Å²) in [5, 5.41) is 0. The number of pyridine rings is 1. The molecule has 2 amide bonds. The van der Waals surface area contributed by atoms with E-state index in [2.05, 4.69) is 11.1 Å². The molecule has 1 spiro atoms. The van der Waals surface area contributed by atoms with Gasteiger partial charge in [0.05, 0.1) is 11.2 Å². The van der Waals surface area contributed by atoms with Gasteiger partial charge in [0.25, 0.3) is 11.8 Å². The van der Waals surface area contributed by atoms with Crippen LogP contribution in [0.3, 0.4) is 0 Å². The van der Waals surface area contributed by atoms with Crippen molar-refractivity contribution in [2.45, 2.75) is 24.5 Å². The Morgan fingerprint density at radius 3 is 2.56 bits per heavy atom. The first kappa shape index (κ1) is 17.7. The molecule has 2 aliphatic rings. The average molecular weight is 365 g/mol. The number of carbonyl (C=O) groups is 2. The number of piperidine rings is 1. The molecule has 0 unspecified atom stereocenters. The molecule has 1 saturated heterocycles. The minimum atomic E-state index is -0.572. The van der Waals surface area contributed by atoms with Gasteiger partial charge in [-0.05, 0) is 36.1 Å². The van der Waals surface area contributed by atoms with Crippen LogP contribution in [0.15, 0.2) is 48.8 Å². The van der Waals surface area contributed by atoms with E-state index in [1.165, 1.54) is 0 Å². The highest BCUT2D eigenvalue weighted by Crippen LogP contribution is 2.49. The molecule has 2 aliphatic heterocycles. The average Bonchev–Trinajstić information content (AvgIpc) is 3.02. The van der Waals surface area contributed by atoms with Crippen LogP contribution in [0.4, 0.5) is 0 Å². The smallest absolute Gasteiger partial charge is 0.255 e. The molecule has 1 fully saturated rings. The lowest BCUT2D eigenvalue weighted by Gasteiger charge is -2.39. The van der Waals surface area contributed by atoms with E-state index >= 15 is 0 Å². The summed E-state index contributed by atoms with van der Waals surface area (Å²) in [7, 11) is 3.49. The lowest BCUT2D eigenvalue weighted by Crippen LogP contribution is -2.45. The van der Waals surface area contributed by atoms with Crippen molar-refractivity contribution < 1.29 is 14.3 Å². The van der Waals surface area contributed by atoms with Crippen LogP contribution < -0.4 is 0 Å². The van der Waals surface area contributed by atoms with Crippen molar-refractivity contribution in [3.63, 3.8) is 0 Å². The van der Waals surface area contributed by atoms with E-state index < -0.39 is 11.7 Å². The number of likely N-dealkylation sites (N-methyl/N-ethyl adjacent to an activating group) is 1. The van der Waals surface area contributed by atoms with Crippen LogP contribution in [-0.2, 0) is 15.1 Å². The molecule has 2 aromatic rings. The van der Waals surface area contributed by atoms with Crippen molar-refractivity contribution in [2.24, 2.45) is 0 Å². The van der Waals surface area contributed by atoms with Crippen LogP contribution >= 0.6 is 0 Å². The van der Waals surface area contributed by atoms with Crippen LogP contribution in [0.5, 0.6) is 0 Å². The van der Waals surface area contributed by atoms with Gasteiger partial charge in [0.15, 0.2) is 6.10 Å². The highest BCUT2D eigenvalue weighted by Gasteiger charge is 2.49. The lowest BCUT2D eigenvalue weighted by molar-refractivity contribution is -0.157. The van der Waals surface area contributed by atoms with Gasteiger partial charge in [-0.2, -0.15) is 0 Å². The minimum absolute atomic E-state index is 0.00912. The Bertz CT molecular complexity index is 858. The lowest BCUT2D eigenvalue weighted by atomic mass is 9.83. The van der Waals surface area contributed by atoms with Crippen LogP contribution in [0.2, 0.25) is 0 Å². The van der Waals surface area contributed by atoms with Gasteiger partial charge in [-0.1, -0.05) is 24.3 Å². The van der Waals surface area contributed by atoms with Gasteiger partial charge in [0.2, 0.25) is 0 Å². The molecule has 1 aromatic heterocycles. The zero-order valence-corrected chi connectivity index (χ0v) is 15.6. The summed E-state index contributed by atoms with van der Waals surface area (Å²) in [6, 6.07) is 11.5. The molecule has 1 aromatic carbocycles. The quantitative estimate of drug-likeness (QED) is 0.820. The van der Waals surface area contributed by atoms with Crippen LogP contribution in [0, 0.1) is 0 Å². The largest absolute Gasteiger partial charge is 0.352 e. The van der Waals surface area contributed by atoms with E-state index in [4.69, 9.17) is 4.74 Å². The highest BCUT2D eigenvalue weighted by molar-refractivity contribution is 5.94. The summed E-state index contributed by atoms with van der Waals surface area (Å²) >= 11 is 0. The van der Waals surface area contributed by atoms with Crippen molar-refractivity contribution in [3.05, 3.63) is 65.5 Å². The second-order valence-electron chi connectivity index (χ2n) is 7.35. The maximum absolute atomic E-state index is 12.7. The van der Waals surface area contributed by atoms with Crippen molar-refractivity contribution >= 4 is 11.8 Å². The first-order chi connectivity index (χ1) is 13.0. The highest BCUT2D eigenvalue weighted by atomic mass is 16.5. The third-order valence-corrected chi connectivity index (χ3v) is 5.51. The normalized spacial score (nSPS) is 20.4. The standard InChI is InChI=1S/C21H23N3O3/c1-23(2)20(26)18-16-7-3-4-8-17(16)21(27-18)9-12-24(13-10-21)19(25)15-6-5-11-22-14-15/h3-8,11,14,18H,9-10,12-13H2,1-2H3/t18-/m1/s1. The van der Waals surface area contributed by atoms with E-state index in [-0.39, 0.29) is 11.8 Å². The fraction of sp³-hybridized carbons (Fsp3) is 0.381. The first-order valence-electron chi connectivity index (χ1n) is 9.19. The number of benzene rings is 1. The predicted molar refractivity (Wildman–Crippen MR) is 100 cm³/mol. The van der Waals surface area contributed by atoms with Crippen molar-refractivity contribution in [1.29, 1.82) is 0 Å². The topological polar surface area (TPSA) is 62.7 Å². The first-order valence-corrected chi connectivity index (χ1v) is 9.19. The third kappa shape index (κ3) is 3.00. The number of hydrogen-bond donors (Lipinski definition) is 0. The Kier molecular flexibility index (Phi) is 4.44. The van der Waals surface area contributed by atoms with E-state index in [9.17, 15) is 9.59 Å². The second kappa shape index (κ2) is 6.78. The number of hydrogen-bond acceptors (Lipinski definition) is 4. The third-order valence-electron chi connectivity index (χ3n) is 5.51. The Morgan fingerprint density at radius 1 is 1.15 bits per heavy atom. The number of ether oxygens (including phenoxy) is 1. The summed E-state index contributed by atoms with van der Waals surface area (Å²) in [6.07, 6.45) is 4.03. The SMILES string of the molecule is CN(C)C(=O)[C@@H]1OC2(CCN(C(=O)c3cccnc3)CC2)c2ccccc21. The monoisotopic (exact) mass is 365 g/mol. The van der Waals surface area contributed by atoms with E-state index in [0.717, 1.165) is 11.1 Å². The van der Waals surface area contributed by atoms with Gasteiger partial charge in [0.1, 0.15) is 0 Å². The number of carbonyl (C=O) groups excluding carboxylic acids is 2. The van der Waals surface area contributed by atoms with E-state index in [1.54, 1.807) is 43.5 Å². The maximum Gasteiger partial charge on any atom is 0.255 e. The molecule has 6 nitrogen and oxygen atoms in total. The molecule has 0 saturated carbocycles. The van der Waals surface area contributed by atoms with Crippen molar-refractivity contribution in [1.82, 2.24) is 14.8 Å². The summed E-state index contributed by atoms with van der Waals surface area (Å²) in [5.74, 6) is -0.0571. The van der Waals surface area contributed by atoms with Crippen LogP contribution in [0.1, 0.15) is 40.4 Å². The van der Waals surface area contributed by atoms with E-state index in [1.807, 2.05) is 23.1 Å². The van der Waals surface area contributed by atoms with Gasteiger partial charge in [-0.3, -0.25) is 14.6 Å². The summed E-state index contributed by atoms with van der Waals surface area (Å²) < 4.78 is 6.38. The molecule has 4 rings (SSSR count). The van der Waals surface area contributed by atoms with Crippen molar-refractivity contribution in [2.75, 3.05) is 27.2 Å². The molecular weight excluding hydrogens is 342 g/mol. The van der Waals surface area contributed by atoms with E-state index in [0.29, 0.717) is 31.5 Å². The van der Waals surface area contributed by atoms with Gasteiger partial charge < -0.3 is 14.5 Å². The number of rotatable bonds is 2. The zero-order chi connectivity index (χ0) is 19.0. The zero-order valence-electron chi connectivity index (χ0n) is 15.6. The number of fused-ring (bicyclic) bond motifs is 2. The molecule has 0 radical (unpaired) electrons. The summed E-state index contributed by atoms with van der Waals surface area (Å²) in [4.78, 5) is 32.8. The Labute approximate surface area is 158 Å². The van der Waals surface area contributed by atoms with Gasteiger partial charge in [-0.25, -0.2) is 0 Å². The van der Waals surface area contributed by atoms with Gasteiger partial charge >= 0.3 is 0 Å². The van der Waals surface area contributed by atoms with Gasteiger partial charge in [0, 0.05) is 39.6 Å². The Balaban J connectivity index is 1.56. The fourth-order valence-electron chi connectivity index (χ4n) is 4.04. The predicted octanol–water partition coefficient (Wildman–Crippen LogP) is 2.37. The maximum atomic E-state index is 12.7.